The van der Waals surface area contributed by atoms with Gasteiger partial charge in [0.2, 0.25) is 0 Å². The van der Waals surface area contributed by atoms with Crippen molar-refractivity contribution in [3.63, 3.8) is 0 Å². The number of pyridine rings is 1. The lowest BCUT2D eigenvalue weighted by atomic mass is 10.0. The number of nitrogens with zero attached hydrogens (tertiary/aromatic N) is 1. The summed E-state index contributed by atoms with van der Waals surface area (Å²) in [6, 6.07) is 13.5. The van der Waals surface area contributed by atoms with E-state index in [0.717, 1.165) is 28.2 Å². The number of benzene rings is 2. The second kappa shape index (κ2) is 4.67. The fourth-order valence-corrected chi connectivity index (χ4v) is 2.71. The molecule has 1 heterocycles. The van der Waals surface area contributed by atoms with E-state index in [9.17, 15) is 4.79 Å². The van der Waals surface area contributed by atoms with E-state index in [-0.39, 0.29) is 5.56 Å². The molecule has 0 aliphatic carbocycles. The molecule has 0 fully saturated rings. The second-order valence-corrected chi connectivity index (χ2v) is 5.63. The molecule has 0 amide bonds. The first kappa shape index (κ1) is 12.7. The third-order valence-electron chi connectivity index (χ3n) is 3.55. The minimum absolute atomic E-state index is 0.0624. The zero-order valence-corrected chi connectivity index (χ0v) is 11.8. The number of nitrogen functional groups attached to an aromatic ring is 1. The average Bonchev–Trinajstić information content (AvgIpc) is 2.43. The lowest BCUT2D eigenvalue weighted by Crippen LogP contribution is -2.23. The number of hydrogen-bond acceptors (Lipinski definition) is 2. The van der Waals surface area contributed by atoms with Crippen LogP contribution in [-0.2, 0) is 6.54 Å². The highest BCUT2D eigenvalue weighted by atomic mass is 16.1. The van der Waals surface area contributed by atoms with Crippen LogP contribution in [0.4, 0.5) is 5.69 Å². The van der Waals surface area contributed by atoms with Crippen LogP contribution in [0.1, 0.15) is 13.8 Å². The minimum Gasteiger partial charge on any atom is -0.399 e. The molecule has 0 atom stereocenters. The van der Waals surface area contributed by atoms with Crippen molar-refractivity contribution in [2.45, 2.75) is 20.4 Å². The fraction of sp³-hybridized carbons (Fsp3) is 0.235. The monoisotopic (exact) mass is 266 g/mol. The number of fused-ring (bicyclic) bond motifs is 3. The largest absolute Gasteiger partial charge is 0.399 e. The highest BCUT2D eigenvalue weighted by molar-refractivity contribution is 6.06. The van der Waals surface area contributed by atoms with Gasteiger partial charge in [0.25, 0.3) is 5.56 Å². The number of anilines is 1. The standard InChI is InChI=1S/C17H18N2O/c1-11(2)10-19-16-6-4-3-5-13(16)15-9-12(18)7-8-14(15)17(19)20/h3-9,11H,10,18H2,1-2H3. The Hall–Kier alpha value is -2.29. The number of nitrogens with two attached hydrogens (primary N) is 1. The van der Waals surface area contributed by atoms with Gasteiger partial charge in [0.1, 0.15) is 0 Å². The van der Waals surface area contributed by atoms with Crippen molar-refractivity contribution in [3.8, 4) is 0 Å². The molecule has 0 aliphatic rings. The van der Waals surface area contributed by atoms with Crippen LogP contribution < -0.4 is 11.3 Å². The summed E-state index contributed by atoms with van der Waals surface area (Å²) in [6.45, 7) is 4.96. The van der Waals surface area contributed by atoms with Crippen molar-refractivity contribution >= 4 is 27.4 Å². The first-order valence-electron chi connectivity index (χ1n) is 6.88. The third kappa shape index (κ3) is 1.95. The SMILES string of the molecule is CC(C)Cn1c(=O)c2ccc(N)cc2c2ccccc21. The zero-order valence-electron chi connectivity index (χ0n) is 11.8. The van der Waals surface area contributed by atoms with Crippen LogP contribution in [0, 0.1) is 5.92 Å². The van der Waals surface area contributed by atoms with Crippen LogP contribution in [-0.4, -0.2) is 4.57 Å². The van der Waals surface area contributed by atoms with Gasteiger partial charge < -0.3 is 10.3 Å². The Bertz CT molecular complexity index is 847. The Kier molecular flexibility index (Phi) is 2.97. The average molecular weight is 266 g/mol. The Morgan fingerprint density at radius 2 is 1.80 bits per heavy atom. The molecule has 0 aliphatic heterocycles. The molecule has 20 heavy (non-hydrogen) atoms. The molecular weight excluding hydrogens is 248 g/mol. The Balaban J connectivity index is 2.51. The summed E-state index contributed by atoms with van der Waals surface area (Å²) in [7, 11) is 0. The van der Waals surface area contributed by atoms with E-state index in [1.807, 2.05) is 41.0 Å². The predicted molar refractivity (Wildman–Crippen MR) is 85.0 cm³/mol. The van der Waals surface area contributed by atoms with E-state index < -0.39 is 0 Å². The highest BCUT2D eigenvalue weighted by Gasteiger charge is 2.11. The molecule has 3 nitrogen and oxygen atoms in total. The van der Waals surface area contributed by atoms with Gasteiger partial charge in [-0.1, -0.05) is 32.0 Å². The number of hydrogen-bond donors (Lipinski definition) is 1. The van der Waals surface area contributed by atoms with Crippen molar-refractivity contribution in [1.29, 1.82) is 0 Å². The van der Waals surface area contributed by atoms with Crippen LogP contribution in [0.25, 0.3) is 21.7 Å². The van der Waals surface area contributed by atoms with Gasteiger partial charge in [-0.15, -0.1) is 0 Å². The number of para-hydroxylation sites is 1. The van der Waals surface area contributed by atoms with Gasteiger partial charge in [-0.25, -0.2) is 0 Å². The lowest BCUT2D eigenvalue weighted by molar-refractivity contribution is 0.525. The molecule has 0 saturated heterocycles. The van der Waals surface area contributed by atoms with Gasteiger partial charge in [-0.3, -0.25) is 4.79 Å². The minimum atomic E-state index is 0.0624. The summed E-state index contributed by atoms with van der Waals surface area (Å²) in [4.78, 5) is 12.7. The number of aromatic nitrogens is 1. The van der Waals surface area contributed by atoms with E-state index in [2.05, 4.69) is 13.8 Å². The van der Waals surface area contributed by atoms with Gasteiger partial charge >= 0.3 is 0 Å². The zero-order chi connectivity index (χ0) is 14.3. The summed E-state index contributed by atoms with van der Waals surface area (Å²) in [5.74, 6) is 0.419. The van der Waals surface area contributed by atoms with Gasteiger partial charge in [0.15, 0.2) is 0 Å². The predicted octanol–water partition coefficient (Wildman–Crippen LogP) is 3.39. The normalized spacial score (nSPS) is 11.6. The maximum absolute atomic E-state index is 12.7. The fourth-order valence-electron chi connectivity index (χ4n) is 2.71. The first-order chi connectivity index (χ1) is 9.58. The summed E-state index contributed by atoms with van der Waals surface area (Å²) < 4.78 is 1.87. The van der Waals surface area contributed by atoms with Crippen LogP contribution in [0.3, 0.4) is 0 Å². The topological polar surface area (TPSA) is 48.0 Å². The molecule has 3 rings (SSSR count). The van der Waals surface area contributed by atoms with E-state index in [1.54, 1.807) is 6.07 Å². The third-order valence-corrected chi connectivity index (χ3v) is 3.55. The van der Waals surface area contributed by atoms with Crippen LogP contribution in [0.2, 0.25) is 0 Å². The van der Waals surface area contributed by atoms with Crippen molar-refractivity contribution < 1.29 is 0 Å². The van der Waals surface area contributed by atoms with Crippen LogP contribution >= 0.6 is 0 Å². The smallest absolute Gasteiger partial charge is 0.258 e. The van der Waals surface area contributed by atoms with Gasteiger partial charge in [0.05, 0.1) is 5.52 Å². The Morgan fingerprint density at radius 1 is 1.05 bits per heavy atom. The molecule has 2 aromatic carbocycles. The Morgan fingerprint density at radius 3 is 2.55 bits per heavy atom. The summed E-state index contributed by atoms with van der Waals surface area (Å²) in [6.07, 6.45) is 0. The highest BCUT2D eigenvalue weighted by Crippen LogP contribution is 2.24. The number of rotatable bonds is 2. The van der Waals surface area contributed by atoms with E-state index >= 15 is 0 Å². The molecule has 0 bridgehead atoms. The summed E-state index contributed by atoms with van der Waals surface area (Å²) in [5.41, 5.74) is 7.60. The van der Waals surface area contributed by atoms with Crippen molar-refractivity contribution in [2.75, 3.05) is 5.73 Å². The van der Waals surface area contributed by atoms with Gasteiger partial charge in [0, 0.05) is 23.0 Å². The Labute approximate surface area is 117 Å². The first-order valence-corrected chi connectivity index (χ1v) is 6.88. The summed E-state index contributed by atoms with van der Waals surface area (Å²) >= 11 is 0. The molecule has 3 heteroatoms. The lowest BCUT2D eigenvalue weighted by Gasteiger charge is -2.15. The van der Waals surface area contributed by atoms with E-state index in [0.29, 0.717) is 11.6 Å². The van der Waals surface area contributed by atoms with Gasteiger partial charge in [-0.2, -0.15) is 0 Å². The molecule has 0 saturated carbocycles. The molecule has 1 aromatic heterocycles. The molecule has 0 spiro atoms. The molecule has 2 N–H and O–H groups in total. The van der Waals surface area contributed by atoms with Crippen molar-refractivity contribution in [1.82, 2.24) is 4.57 Å². The molecule has 102 valence electrons. The van der Waals surface area contributed by atoms with Gasteiger partial charge in [-0.05, 0) is 35.6 Å². The van der Waals surface area contributed by atoms with Crippen molar-refractivity contribution in [2.24, 2.45) is 5.92 Å². The molecule has 0 radical (unpaired) electrons. The maximum atomic E-state index is 12.7. The van der Waals surface area contributed by atoms with Crippen LogP contribution in [0.5, 0.6) is 0 Å². The van der Waals surface area contributed by atoms with E-state index in [4.69, 9.17) is 5.73 Å². The molecular formula is C17H18N2O. The second-order valence-electron chi connectivity index (χ2n) is 5.63. The van der Waals surface area contributed by atoms with Crippen LogP contribution in [0.15, 0.2) is 47.3 Å². The quantitative estimate of drug-likeness (QED) is 0.571. The van der Waals surface area contributed by atoms with E-state index in [1.165, 1.54) is 0 Å². The maximum Gasteiger partial charge on any atom is 0.258 e. The molecule has 0 unspecified atom stereocenters. The molecule has 3 aromatic rings. The van der Waals surface area contributed by atoms with Crippen molar-refractivity contribution in [3.05, 3.63) is 52.8 Å². The summed E-state index contributed by atoms with van der Waals surface area (Å²) in [5, 5.41) is 2.75.